The average molecular weight is 489 g/mol. The second-order valence-electron chi connectivity index (χ2n) is 9.28. The van der Waals surface area contributed by atoms with Gasteiger partial charge in [-0.25, -0.2) is 9.37 Å². The maximum Gasteiger partial charge on any atom is 0.261 e. The number of rotatable bonds is 4. The molecule has 2 atom stereocenters. The number of amides is 1. The van der Waals surface area contributed by atoms with Crippen LogP contribution in [0.15, 0.2) is 47.0 Å². The van der Waals surface area contributed by atoms with Crippen LogP contribution in [0.1, 0.15) is 43.1 Å². The molecule has 3 aromatic rings. The summed E-state index contributed by atoms with van der Waals surface area (Å²) in [5.74, 6) is 0.783. The van der Waals surface area contributed by atoms with E-state index in [1.165, 1.54) is 12.1 Å². The summed E-state index contributed by atoms with van der Waals surface area (Å²) < 4.78 is 25.5. The molecule has 33 heavy (non-hydrogen) atoms. The van der Waals surface area contributed by atoms with Crippen LogP contribution in [-0.2, 0) is 10.2 Å². The van der Waals surface area contributed by atoms with E-state index in [9.17, 15) is 14.3 Å². The summed E-state index contributed by atoms with van der Waals surface area (Å²) in [5, 5.41) is 14.1. The molecule has 3 aliphatic carbocycles. The number of benzene rings is 2. The number of aliphatic hydroxyl groups excluding tert-OH is 1. The first-order chi connectivity index (χ1) is 15.8. The Hall–Kier alpha value is -2.61. The van der Waals surface area contributed by atoms with Gasteiger partial charge in [0.2, 0.25) is 5.89 Å². The molecule has 6 nitrogen and oxygen atoms in total. The third-order valence-electron chi connectivity index (χ3n) is 6.94. The summed E-state index contributed by atoms with van der Waals surface area (Å²) >= 11 is 11.7. The van der Waals surface area contributed by atoms with Crippen molar-refractivity contribution in [2.45, 2.75) is 48.8 Å². The molecule has 9 heteroatoms. The van der Waals surface area contributed by atoms with Crippen LogP contribution >= 0.6 is 23.2 Å². The molecule has 1 aliphatic heterocycles. The molecule has 7 rings (SSSR count). The van der Waals surface area contributed by atoms with Crippen LogP contribution in [-0.4, -0.2) is 27.6 Å². The van der Waals surface area contributed by atoms with Gasteiger partial charge in [-0.05, 0) is 55.7 Å². The maximum absolute atomic E-state index is 13.8. The second kappa shape index (κ2) is 7.19. The van der Waals surface area contributed by atoms with E-state index in [1.807, 2.05) is 0 Å². The number of carbonyl (C=O) groups is 1. The number of hydrogen-bond donors (Lipinski definition) is 2. The number of fused-ring (bicyclic) bond motifs is 1. The van der Waals surface area contributed by atoms with E-state index in [1.54, 1.807) is 30.5 Å². The molecule has 0 radical (unpaired) electrons. The quantitative estimate of drug-likeness (QED) is 0.541. The van der Waals surface area contributed by atoms with Crippen LogP contribution < -0.4 is 10.1 Å². The monoisotopic (exact) mass is 488 g/mol. The first-order valence-corrected chi connectivity index (χ1v) is 11.4. The minimum absolute atomic E-state index is 0.0457. The highest BCUT2D eigenvalue weighted by Gasteiger charge is 2.71. The van der Waals surface area contributed by atoms with Crippen LogP contribution in [0.25, 0.3) is 11.5 Å². The molecular formula is C24H19Cl2FN2O4. The van der Waals surface area contributed by atoms with E-state index < -0.39 is 18.0 Å². The Morgan fingerprint density at radius 1 is 1.18 bits per heavy atom. The Morgan fingerprint density at radius 2 is 1.97 bits per heavy atom. The van der Waals surface area contributed by atoms with Crippen molar-refractivity contribution in [3.63, 3.8) is 0 Å². The topological polar surface area (TPSA) is 84.6 Å². The van der Waals surface area contributed by atoms with Gasteiger partial charge >= 0.3 is 0 Å². The number of oxazole rings is 1. The van der Waals surface area contributed by atoms with Crippen molar-refractivity contribution in [1.29, 1.82) is 0 Å². The lowest BCUT2D eigenvalue weighted by Gasteiger charge is -2.69. The summed E-state index contributed by atoms with van der Waals surface area (Å²) in [6, 6.07) is 9.43. The Labute approximate surface area is 198 Å². The van der Waals surface area contributed by atoms with E-state index in [0.29, 0.717) is 27.8 Å². The van der Waals surface area contributed by atoms with Gasteiger partial charge in [-0.15, -0.1) is 0 Å². The molecule has 3 fully saturated rings. The summed E-state index contributed by atoms with van der Waals surface area (Å²) in [5.41, 5.74) is 0.648. The number of halogens is 3. The molecular weight excluding hydrogens is 470 g/mol. The normalized spacial score (nSPS) is 29.3. The van der Waals surface area contributed by atoms with E-state index in [4.69, 9.17) is 32.4 Å². The molecule has 0 unspecified atom stereocenters. The second-order valence-corrected chi connectivity index (χ2v) is 10.1. The van der Waals surface area contributed by atoms with Crippen LogP contribution in [0.3, 0.4) is 0 Å². The van der Waals surface area contributed by atoms with Crippen molar-refractivity contribution >= 4 is 29.1 Å². The molecule has 3 saturated carbocycles. The Morgan fingerprint density at radius 3 is 2.73 bits per heavy atom. The van der Waals surface area contributed by atoms with Crippen molar-refractivity contribution in [2.24, 2.45) is 0 Å². The van der Waals surface area contributed by atoms with E-state index >= 15 is 0 Å². The third kappa shape index (κ3) is 3.33. The fraction of sp³-hybridized carbons (Fsp3) is 0.333. The first kappa shape index (κ1) is 21.0. The lowest BCUT2D eigenvalue weighted by Crippen LogP contribution is -2.77. The molecule has 1 amide bonds. The predicted molar refractivity (Wildman–Crippen MR) is 119 cm³/mol. The van der Waals surface area contributed by atoms with Gasteiger partial charge in [-0.2, -0.15) is 0 Å². The molecule has 2 aromatic carbocycles. The van der Waals surface area contributed by atoms with Gasteiger partial charge in [0, 0.05) is 33.5 Å². The van der Waals surface area contributed by atoms with Crippen molar-refractivity contribution in [3.8, 4) is 17.2 Å². The van der Waals surface area contributed by atoms with Gasteiger partial charge in [0.05, 0.1) is 17.3 Å². The standard InChI is InChI=1S/C24H19Cl2FN2O4/c25-13-2-4-18-14(6-13)17(30)7-19(32-18)21(31)29-24-9-23(10-24,11-24)20-8-28-22(33-20)12-1-3-15(26)16(27)5-12/h1-6,8,17,19,30H,7,9-11H2,(H,29,31)/t17-,19-,23?,24?/m1/s1. The molecule has 4 aliphatic rings. The summed E-state index contributed by atoms with van der Waals surface area (Å²) in [6.45, 7) is 0. The summed E-state index contributed by atoms with van der Waals surface area (Å²) in [4.78, 5) is 17.2. The van der Waals surface area contributed by atoms with E-state index in [0.717, 1.165) is 25.0 Å². The number of carbonyl (C=O) groups excluding carboxylic acids is 1. The molecule has 0 spiro atoms. The molecule has 1 aromatic heterocycles. The molecule has 2 bridgehead atoms. The molecule has 0 saturated heterocycles. The van der Waals surface area contributed by atoms with Crippen molar-refractivity contribution in [1.82, 2.24) is 10.3 Å². The number of nitrogens with zero attached hydrogens (tertiary/aromatic N) is 1. The maximum atomic E-state index is 13.8. The predicted octanol–water partition coefficient (Wildman–Crippen LogP) is 4.96. The minimum Gasteiger partial charge on any atom is -0.480 e. The lowest BCUT2D eigenvalue weighted by atomic mass is 9.38. The van der Waals surface area contributed by atoms with Crippen molar-refractivity contribution in [2.75, 3.05) is 0 Å². The Bertz CT molecular complexity index is 1270. The van der Waals surface area contributed by atoms with E-state index in [-0.39, 0.29) is 28.3 Å². The fourth-order valence-electron chi connectivity index (χ4n) is 5.38. The largest absolute Gasteiger partial charge is 0.480 e. The van der Waals surface area contributed by atoms with Gasteiger partial charge in [0.1, 0.15) is 17.3 Å². The number of aromatic nitrogens is 1. The Kier molecular flexibility index (Phi) is 4.57. The van der Waals surface area contributed by atoms with Crippen LogP contribution in [0.5, 0.6) is 5.75 Å². The molecule has 170 valence electrons. The highest BCUT2D eigenvalue weighted by molar-refractivity contribution is 6.31. The van der Waals surface area contributed by atoms with Crippen molar-refractivity contribution in [3.05, 3.63) is 69.8 Å². The summed E-state index contributed by atoms with van der Waals surface area (Å²) in [7, 11) is 0. The number of nitrogens with one attached hydrogen (secondary N) is 1. The van der Waals surface area contributed by atoms with Gasteiger partial charge in [-0.3, -0.25) is 4.79 Å². The smallest absolute Gasteiger partial charge is 0.261 e. The highest BCUT2D eigenvalue weighted by Crippen LogP contribution is 2.68. The van der Waals surface area contributed by atoms with Gasteiger partial charge < -0.3 is 19.6 Å². The SMILES string of the molecule is O=C(NC12CC(c3cnc(-c4ccc(Cl)c(F)c4)o3)(C1)C2)[C@H]1C[C@@H](O)c2cc(Cl)ccc2O1. The first-order valence-electron chi connectivity index (χ1n) is 10.6. The Balaban J connectivity index is 1.11. The zero-order valence-electron chi connectivity index (χ0n) is 17.3. The van der Waals surface area contributed by atoms with Crippen LogP contribution in [0.4, 0.5) is 4.39 Å². The number of hydrogen-bond acceptors (Lipinski definition) is 5. The molecule has 2 heterocycles. The van der Waals surface area contributed by atoms with Gasteiger partial charge in [0.25, 0.3) is 5.91 Å². The number of aliphatic hydroxyl groups is 1. The summed E-state index contributed by atoms with van der Waals surface area (Å²) in [6.07, 6.45) is 2.46. The zero-order valence-corrected chi connectivity index (χ0v) is 18.8. The van der Waals surface area contributed by atoms with Crippen molar-refractivity contribution < 1.29 is 23.4 Å². The third-order valence-corrected chi connectivity index (χ3v) is 7.49. The average Bonchev–Trinajstić information content (AvgIpc) is 3.21. The van der Waals surface area contributed by atoms with Crippen LogP contribution in [0.2, 0.25) is 10.0 Å². The fourth-order valence-corrected chi connectivity index (χ4v) is 5.68. The highest BCUT2D eigenvalue weighted by atomic mass is 35.5. The van der Waals surface area contributed by atoms with Gasteiger partial charge in [-0.1, -0.05) is 23.2 Å². The number of ether oxygens (including phenoxy) is 1. The van der Waals surface area contributed by atoms with Crippen LogP contribution in [0, 0.1) is 5.82 Å². The minimum atomic E-state index is -0.812. The zero-order chi connectivity index (χ0) is 23.0. The lowest BCUT2D eigenvalue weighted by molar-refractivity contribution is -0.148. The van der Waals surface area contributed by atoms with E-state index in [2.05, 4.69) is 10.3 Å². The van der Waals surface area contributed by atoms with Gasteiger partial charge in [0.15, 0.2) is 6.10 Å². The molecule has 2 N–H and O–H groups in total.